The van der Waals surface area contributed by atoms with E-state index in [1.54, 1.807) is 0 Å². The lowest BCUT2D eigenvalue weighted by molar-refractivity contribution is 0.455. The number of rotatable bonds is 4. The highest BCUT2D eigenvalue weighted by molar-refractivity contribution is 7.80. The van der Waals surface area contributed by atoms with Crippen molar-refractivity contribution in [2.45, 2.75) is 27.2 Å². The Bertz CT molecular complexity index is 653. The van der Waals surface area contributed by atoms with E-state index in [1.807, 2.05) is 44.2 Å². The number of pyridine rings is 1. The molecule has 104 valence electrons. The summed E-state index contributed by atoms with van der Waals surface area (Å²) in [4.78, 5) is 4.74. The number of benzene rings is 1. The highest BCUT2D eigenvalue weighted by atomic mass is 32.1. The molecule has 0 unspecified atom stereocenters. The zero-order chi connectivity index (χ0) is 14.7. The van der Waals surface area contributed by atoms with Crippen molar-refractivity contribution < 1.29 is 4.74 Å². The molecule has 1 heterocycles. The Balaban J connectivity index is 2.50. The molecule has 0 aliphatic heterocycles. The molecule has 4 heteroatoms. The maximum atomic E-state index is 5.98. The number of nitrogens with two attached hydrogens (primary N) is 1. The van der Waals surface area contributed by atoms with Gasteiger partial charge in [-0.1, -0.05) is 37.3 Å². The second-order valence-electron chi connectivity index (χ2n) is 4.69. The van der Waals surface area contributed by atoms with Gasteiger partial charge in [0.1, 0.15) is 10.7 Å². The van der Waals surface area contributed by atoms with Crippen molar-refractivity contribution in [1.82, 2.24) is 4.98 Å². The summed E-state index contributed by atoms with van der Waals surface area (Å²) in [6.45, 7) is 5.97. The molecule has 0 atom stereocenters. The highest BCUT2D eigenvalue weighted by Gasteiger charge is 2.14. The Kier molecular flexibility index (Phi) is 4.35. The van der Waals surface area contributed by atoms with Crippen LogP contribution < -0.4 is 10.5 Å². The first-order chi connectivity index (χ1) is 9.52. The van der Waals surface area contributed by atoms with E-state index >= 15 is 0 Å². The number of aryl methyl sites for hydroxylation is 3. The first-order valence-electron chi connectivity index (χ1n) is 6.56. The molecule has 20 heavy (non-hydrogen) atoms. The fourth-order valence-electron chi connectivity index (χ4n) is 2.18. The molecule has 2 rings (SSSR count). The van der Waals surface area contributed by atoms with Gasteiger partial charge >= 0.3 is 0 Å². The molecule has 2 N–H and O–H groups in total. The van der Waals surface area contributed by atoms with E-state index in [2.05, 4.69) is 11.9 Å². The number of hydrogen-bond donors (Lipinski definition) is 1. The first-order valence-corrected chi connectivity index (χ1v) is 6.97. The summed E-state index contributed by atoms with van der Waals surface area (Å²) in [6, 6.07) is 9.86. The summed E-state index contributed by atoms with van der Waals surface area (Å²) in [5.74, 6) is 1.28. The van der Waals surface area contributed by atoms with Gasteiger partial charge in [0.15, 0.2) is 0 Å². The van der Waals surface area contributed by atoms with Crippen LogP contribution in [0.3, 0.4) is 0 Å². The molecule has 0 amide bonds. The maximum Gasteiger partial charge on any atom is 0.229 e. The number of hydrogen-bond acceptors (Lipinski definition) is 3. The maximum absolute atomic E-state index is 5.98. The second-order valence-corrected chi connectivity index (χ2v) is 5.13. The Morgan fingerprint density at radius 1 is 1.30 bits per heavy atom. The van der Waals surface area contributed by atoms with E-state index < -0.39 is 0 Å². The number of thiocarbonyl (C=S) groups is 1. The summed E-state index contributed by atoms with van der Waals surface area (Å²) in [7, 11) is 0. The molecule has 0 saturated carbocycles. The summed E-state index contributed by atoms with van der Waals surface area (Å²) >= 11 is 5.12. The zero-order valence-electron chi connectivity index (χ0n) is 11.9. The van der Waals surface area contributed by atoms with Gasteiger partial charge in [-0.3, -0.25) is 0 Å². The van der Waals surface area contributed by atoms with Gasteiger partial charge < -0.3 is 10.5 Å². The van der Waals surface area contributed by atoms with Gasteiger partial charge in [-0.05, 0) is 43.5 Å². The molecule has 0 radical (unpaired) electrons. The van der Waals surface area contributed by atoms with Crippen LogP contribution >= 0.6 is 12.2 Å². The van der Waals surface area contributed by atoms with Gasteiger partial charge in [-0.25, -0.2) is 4.98 Å². The Morgan fingerprint density at radius 2 is 2.00 bits per heavy atom. The molecule has 2 aromatic rings. The van der Waals surface area contributed by atoms with E-state index in [9.17, 15) is 0 Å². The molecule has 3 nitrogen and oxygen atoms in total. The topological polar surface area (TPSA) is 48.1 Å². The van der Waals surface area contributed by atoms with Crippen molar-refractivity contribution in [3.63, 3.8) is 0 Å². The van der Waals surface area contributed by atoms with E-state index in [0.29, 0.717) is 16.4 Å². The van der Waals surface area contributed by atoms with Crippen LogP contribution in [-0.4, -0.2) is 9.97 Å². The van der Waals surface area contributed by atoms with Crippen LogP contribution in [0, 0.1) is 13.8 Å². The lowest BCUT2D eigenvalue weighted by Crippen LogP contribution is -2.14. The number of ether oxygens (including phenoxy) is 1. The van der Waals surface area contributed by atoms with Gasteiger partial charge in [0.2, 0.25) is 5.88 Å². The largest absolute Gasteiger partial charge is 0.438 e. The van der Waals surface area contributed by atoms with Gasteiger partial charge in [-0.2, -0.15) is 0 Å². The molecule has 0 bridgehead atoms. The van der Waals surface area contributed by atoms with Gasteiger partial charge in [-0.15, -0.1) is 0 Å². The van der Waals surface area contributed by atoms with Crippen LogP contribution in [0.5, 0.6) is 11.6 Å². The van der Waals surface area contributed by atoms with Crippen molar-refractivity contribution >= 4 is 17.2 Å². The molecule has 0 saturated heterocycles. The minimum absolute atomic E-state index is 0.305. The lowest BCUT2D eigenvalue weighted by atomic mass is 10.1. The van der Waals surface area contributed by atoms with Gasteiger partial charge in [0.25, 0.3) is 0 Å². The van der Waals surface area contributed by atoms with Crippen LogP contribution in [0.4, 0.5) is 0 Å². The minimum atomic E-state index is 0.305. The summed E-state index contributed by atoms with van der Waals surface area (Å²) in [5.41, 5.74) is 9.49. The van der Waals surface area contributed by atoms with Crippen LogP contribution in [0.1, 0.15) is 29.3 Å². The molecular formula is C16H18N2OS. The van der Waals surface area contributed by atoms with Gasteiger partial charge in [0, 0.05) is 5.69 Å². The second kappa shape index (κ2) is 6.01. The lowest BCUT2D eigenvalue weighted by Gasteiger charge is -2.14. The molecule has 0 aliphatic carbocycles. The number of aromatic nitrogens is 1. The Labute approximate surface area is 124 Å². The Hall–Kier alpha value is -1.94. The highest BCUT2D eigenvalue weighted by Crippen LogP contribution is 2.29. The van der Waals surface area contributed by atoms with Crippen molar-refractivity contribution in [3.05, 3.63) is 52.7 Å². The van der Waals surface area contributed by atoms with E-state index in [1.165, 1.54) is 0 Å². The minimum Gasteiger partial charge on any atom is -0.438 e. The Morgan fingerprint density at radius 3 is 2.65 bits per heavy atom. The standard InChI is InChI=1S/C16H18N2OS/c1-4-12-7-5-6-8-13(12)19-16-14(15(17)20)10(2)9-11(3)18-16/h5-9H,4H2,1-3H3,(H2,17,20). The van der Waals surface area contributed by atoms with Crippen molar-refractivity contribution in [2.75, 3.05) is 0 Å². The third-order valence-electron chi connectivity index (χ3n) is 3.12. The predicted octanol–water partition coefficient (Wildman–Crippen LogP) is 3.69. The van der Waals surface area contributed by atoms with E-state index in [4.69, 9.17) is 22.7 Å². The van der Waals surface area contributed by atoms with E-state index in [-0.39, 0.29) is 0 Å². The molecular weight excluding hydrogens is 268 g/mol. The zero-order valence-corrected chi connectivity index (χ0v) is 12.8. The smallest absolute Gasteiger partial charge is 0.229 e. The summed E-state index contributed by atoms with van der Waals surface area (Å²) < 4.78 is 5.98. The van der Waals surface area contributed by atoms with Crippen molar-refractivity contribution in [2.24, 2.45) is 5.73 Å². The van der Waals surface area contributed by atoms with E-state index in [0.717, 1.165) is 29.0 Å². The molecule has 1 aromatic heterocycles. The average molecular weight is 286 g/mol. The number of nitrogens with zero attached hydrogens (tertiary/aromatic N) is 1. The van der Waals surface area contributed by atoms with Crippen molar-refractivity contribution in [3.8, 4) is 11.6 Å². The molecule has 0 fully saturated rings. The van der Waals surface area contributed by atoms with Crippen LogP contribution in [0.2, 0.25) is 0 Å². The third-order valence-corrected chi connectivity index (χ3v) is 3.32. The summed E-state index contributed by atoms with van der Waals surface area (Å²) in [5, 5.41) is 0. The molecule has 1 aromatic carbocycles. The monoisotopic (exact) mass is 286 g/mol. The van der Waals surface area contributed by atoms with Crippen LogP contribution in [-0.2, 0) is 6.42 Å². The molecule has 0 aliphatic rings. The fraction of sp³-hybridized carbons (Fsp3) is 0.250. The fourth-order valence-corrected chi connectivity index (χ4v) is 2.42. The average Bonchev–Trinajstić information content (AvgIpc) is 2.38. The van der Waals surface area contributed by atoms with Gasteiger partial charge in [0.05, 0.1) is 5.56 Å². The normalized spacial score (nSPS) is 10.3. The summed E-state index contributed by atoms with van der Waals surface area (Å²) in [6.07, 6.45) is 0.892. The van der Waals surface area contributed by atoms with Crippen molar-refractivity contribution in [1.29, 1.82) is 0 Å². The molecule has 0 spiro atoms. The van der Waals surface area contributed by atoms with Crippen LogP contribution in [0.25, 0.3) is 0 Å². The number of para-hydroxylation sites is 1. The third kappa shape index (κ3) is 2.96. The van der Waals surface area contributed by atoms with Crippen LogP contribution in [0.15, 0.2) is 30.3 Å². The predicted molar refractivity (Wildman–Crippen MR) is 85.5 cm³/mol. The quantitative estimate of drug-likeness (QED) is 0.871. The SMILES string of the molecule is CCc1ccccc1Oc1nc(C)cc(C)c1C(N)=S. The first kappa shape index (κ1) is 14.5.